The Kier molecular flexibility index (Phi) is 8.05. The van der Waals surface area contributed by atoms with Crippen molar-refractivity contribution in [2.24, 2.45) is 0 Å². The highest BCUT2D eigenvalue weighted by molar-refractivity contribution is 5.91. The third-order valence-electron chi connectivity index (χ3n) is 8.63. The van der Waals surface area contributed by atoms with E-state index in [4.69, 9.17) is 13.9 Å². The highest BCUT2D eigenvalue weighted by Gasteiger charge is 2.37. The molecule has 3 aliphatic rings. The molecule has 3 aromatic rings. The van der Waals surface area contributed by atoms with Gasteiger partial charge < -0.3 is 18.8 Å². The molecule has 2 aromatic carbocycles. The number of ether oxygens (including phenoxy) is 2. The Labute approximate surface area is 237 Å². The molecule has 1 aromatic heterocycles. The highest BCUT2D eigenvalue weighted by Crippen LogP contribution is 2.43. The molecule has 0 radical (unpaired) electrons. The molecule has 7 nitrogen and oxygen atoms in total. The maximum atomic E-state index is 12.8. The van der Waals surface area contributed by atoms with Gasteiger partial charge in [-0.25, -0.2) is 0 Å². The van der Waals surface area contributed by atoms with Gasteiger partial charge in [-0.1, -0.05) is 48.6 Å². The molecule has 0 saturated carbocycles. The van der Waals surface area contributed by atoms with Gasteiger partial charge in [-0.2, -0.15) is 0 Å². The Bertz CT molecular complexity index is 1330. The average Bonchev–Trinajstić information content (AvgIpc) is 3.60. The molecule has 40 heavy (non-hydrogen) atoms. The van der Waals surface area contributed by atoms with Crippen LogP contribution in [-0.2, 0) is 23.3 Å². The first-order valence-electron chi connectivity index (χ1n) is 14.4. The number of hydrogen-bond donors (Lipinski definition) is 0. The van der Waals surface area contributed by atoms with E-state index >= 15 is 0 Å². The number of carbonyl (C=O) groups is 1. The largest absolute Gasteiger partial charge is 0.492 e. The van der Waals surface area contributed by atoms with Crippen LogP contribution in [0.2, 0.25) is 0 Å². The lowest BCUT2D eigenvalue weighted by molar-refractivity contribution is 0.0584. The Hall–Kier alpha value is -3.39. The number of nitrogens with zero attached hydrogens (tertiary/aromatic N) is 3. The van der Waals surface area contributed by atoms with Crippen molar-refractivity contribution >= 4 is 12.0 Å². The van der Waals surface area contributed by atoms with E-state index in [1.54, 1.807) is 19.2 Å². The summed E-state index contributed by atoms with van der Waals surface area (Å²) in [6.45, 7) is 8.04. The van der Waals surface area contributed by atoms with Gasteiger partial charge in [-0.15, -0.1) is 0 Å². The lowest BCUT2D eigenvalue weighted by Crippen LogP contribution is -2.49. The molecule has 2 aliphatic heterocycles. The fraction of sp³-hybridized carbons (Fsp3) is 0.424. The smallest absolute Gasteiger partial charge is 0.289 e. The van der Waals surface area contributed by atoms with Crippen LogP contribution in [0.15, 0.2) is 71.2 Å². The maximum Gasteiger partial charge on any atom is 0.289 e. The van der Waals surface area contributed by atoms with E-state index in [9.17, 15) is 4.79 Å². The van der Waals surface area contributed by atoms with Crippen molar-refractivity contribution in [2.75, 3.05) is 59.5 Å². The third kappa shape index (κ3) is 5.87. The van der Waals surface area contributed by atoms with Crippen LogP contribution in [0.25, 0.3) is 6.08 Å². The Balaban J connectivity index is 0.928. The van der Waals surface area contributed by atoms with Gasteiger partial charge in [0.2, 0.25) is 0 Å². The van der Waals surface area contributed by atoms with Crippen LogP contribution in [0.3, 0.4) is 0 Å². The Morgan fingerprint density at radius 2 is 1.75 bits per heavy atom. The number of hydrogen-bond acceptors (Lipinski definition) is 6. The first-order chi connectivity index (χ1) is 19.6. The molecule has 1 amide bonds. The minimum atomic E-state index is -0.0523. The molecule has 2 fully saturated rings. The van der Waals surface area contributed by atoms with Crippen LogP contribution in [0.1, 0.15) is 45.8 Å². The SMILES string of the molecule is COCc1ccc(C(=O)N2CCN(CCOc3cccc(CN4CCC5(C=Cc6ccccc65)CC4)c3)CC2)o1. The second-order valence-corrected chi connectivity index (χ2v) is 11.2. The zero-order valence-corrected chi connectivity index (χ0v) is 23.4. The number of allylic oxidation sites excluding steroid dienone is 1. The van der Waals surface area contributed by atoms with Gasteiger partial charge in [0.05, 0.1) is 0 Å². The first kappa shape index (κ1) is 26.8. The molecular formula is C33H39N3O4. The van der Waals surface area contributed by atoms with E-state index < -0.39 is 0 Å². The van der Waals surface area contributed by atoms with Gasteiger partial charge in [-0.3, -0.25) is 14.6 Å². The van der Waals surface area contributed by atoms with E-state index in [0.717, 1.165) is 45.0 Å². The molecule has 6 rings (SSSR count). The zero-order chi connectivity index (χ0) is 27.4. The van der Waals surface area contributed by atoms with Crippen molar-refractivity contribution in [3.8, 4) is 5.75 Å². The van der Waals surface area contributed by atoms with Gasteiger partial charge >= 0.3 is 0 Å². The van der Waals surface area contributed by atoms with Crippen molar-refractivity contribution < 1.29 is 18.7 Å². The van der Waals surface area contributed by atoms with Crippen molar-refractivity contribution in [3.05, 3.63) is 95.0 Å². The van der Waals surface area contributed by atoms with Crippen LogP contribution in [0.5, 0.6) is 5.75 Å². The number of piperazine rings is 1. The van der Waals surface area contributed by atoms with Gasteiger partial charge in [0.25, 0.3) is 5.91 Å². The van der Waals surface area contributed by atoms with Gasteiger partial charge in [0, 0.05) is 51.8 Å². The standard InChI is InChI=1S/C33H39N3O4/c1-38-25-29-9-10-31(40-29)32(37)36-19-17-34(18-20-36)21-22-39-28-7-4-5-26(23-28)24-35-15-13-33(14-16-35)12-11-27-6-2-3-8-30(27)33/h2-12,23H,13-22,24-25H2,1H3. The molecule has 0 atom stereocenters. The summed E-state index contributed by atoms with van der Waals surface area (Å²) in [6.07, 6.45) is 7.10. The maximum absolute atomic E-state index is 12.8. The fourth-order valence-electron chi connectivity index (χ4n) is 6.31. The summed E-state index contributed by atoms with van der Waals surface area (Å²) in [5.74, 6) is 1.93. The molecule has 210 valence electrons. The van der Waals surface area contributed by atoms with Gasteiger partial charge in [0.15, 0.2) is 5.76 Å². The highest BCUT2D eigenvalue weighted by atomic mass is 16.5. The quantitative estimate of drug-likeness (QED) is 0.387. The molecule has 0 N–H and O–H groups in total. The van der Waals surface area contributed by atoms with Crippen LogP contribution in [0, 0.1) is 0 Å². The molecule has 1 spiro atoms. The van der Waals surface area contributed by atoms with Gasteiger partial charge in [-0.05, 0) is 66.9 Å². The minimum absolute atomic E-state index is 0.0523. The van der Waals surface area contributed by atoms with Crippen molar-refractivity contribution in [3.63, 3.8) is 0 Å². The Morgan fingerprint density at radius 1 is 0.925 bits per heavy atom. The van der Waals surface area contributed by atoms with Gasteiger partial charge in [0.1, 0.15) is 24.7 Å². The van der Waals surface area contributed by atoms with Crippen molar-refractivity contribution in [2.45, 2.75) is 31.4 Å². The summed E-state index contributed by atoms with van der Waals surface area (Å²) in [7, 11) is 1.61. The fourth-order valence-corrected chi connectivity index (χ4v) is 6.31. The molecule has 0 bridgehead atoms. The summed E-state index contributed by atoms with van der Waals surface area (Å²) < 4.78 is 16.8. The number of piperidine rings is 1. The third-order valence-corrected chi connectivity index (χ3v) is 8.63. The Morgan fingerprint density at radius 3 is 2.58 bits per heavy atom. The summed E-state index contributed by atoms with van der Waals surface area (Å²) in [5, 5.41) is 0. The zero-order valence-electron chi connectivity index (χ0n) is 23.4. The van der Waals surface area contributed by atoms with E-state index in [-0.39, 0.29) is 11.3 Å². The molecule has 2 saturated heterocycles. The summed E-state index contributed by atoms with van der Waals surface area (Å²) in [4.78, 5) is 19.5. The van der Waals surface area contributed by atoms with Crippen LogP contribution in [0.4, 0.5) is 0 Å². The number of rotatable bonds is 9. The van der Waals surface area contributed by atoms with Crippen molar-refractivity contribution in [1.82, 2.24) is 14.7 Å². The number of amides is 1. The molecule has 3 heterocycles. The number of methoxy groups -OCH3 is 1. The number of carbonyl (C=O) groups excluding carboxylic acids is 1. The van der Waals surface area contributed by atoms with Crippen molar-refractivity contribution in [1.29, 1.82) is 0 Å². The predicted octanol–water partition coefficient (Wildman–Crippen LogP) is 4.82. The number of fused-ring (bicyclic) bond motifs is 2. The molecule has 7 heteroatoms. The summed E-state index contributed by atoms with van der Waals surface area (Å²) in [5.41, 5.74) is 4.42. The lowest BCUT2D eigenvalue weighted by atomic mass is 9.74. The molecule has 1 aliphatic carbocycles. The van der Waals surface area contributed by atoms with Crippen LogP contribution in [-0.4, -0.2) is 80.1 Å². The molecule has 0 unspecified atom stereocenters. The molecular weight excluding hydrogens is 502 g/mol. The van der Waals surface area contributed by atoms with Crippen LogP contribution < -0.4 is 4.74 Å². The number of benzene rings is 2. The van der Waals surface area contributed by atoms with E-state index in [0.29, 0.717) is 37.8 Å². The van der Waals surface area contributed by atoms with E-state index in [1.165, 1.54) is 29.5 Å². The summed E-state index contributed by atoms with van der Waals surface area (Å²) >= 11 is 0. The minimum Gasteiger partial charge on any atom is -0.492 e. The lowest BCUT2D eigenvalue weighted by Gasteiger charge is -2.39. The normalized spacial score (nSPS) is 18.8. The van der Waals surface area contributed by atoms with E-state index in [2.05, 4.69) is 64.4 Å². The summed E-state index contributed by atoms with van der Waals surface area (Å²) in [6, 6.07) is 20.9. The first-order valence-corrected chi connectivity index (χ1v) is 14.4. The predicted molar refractivity (Wildman–Crippen MR) is 155 cm³/mol. The topological polar surface area (TPSA) is 58.4 Å². The second-order valence-electron chi connectivity index (χ2n) is 11.2. The average molecular weight is 542 g/mol. The second kappa shape index (κ2) is 12.0. The monoisotopic (exact) mass is 541 g/mol. The number of likely N-dealkylation sites (tertiary alicyclic amines) is 1. The number of furan rings is 1. The van der Waals surface area contributed by atoms with E-state index in [1.807, 2.05) is 11.0 Å². The van der Waals surface area contributed by atoms with Crippen LogP contribution >= 0.6 is 0 Å².